The second-order valence-electron chi connectivity index (χ2n) is 6.20. The Kier molecular flexibility index (Phi) is 3.78. The van der Waals surface area contributed by atoms with E-state index in [-0.39, 0.29) is 4.90 Å². The van der Waals surface area contributed by atoms with Crippen molar-refractivity contribution in [3.63, 3.8) is 0 Å². The number of hydrogen-bond acceptors (Lipinski definition) is 3. The Bertz CT molecular complexity index is 783. The minimum atomic E-state index is -3.62. The molecule has 0 unspecified atom stereocenters. The van der Waals surface area contributed by atoms with E-state index in [1.165, 1.54) is 11.3 Å². The largest absolute Gasteiger partial charge is 0.261 e. The first kappa shape index (κ1) is 15.2. The van der Waals surface area contributed by atoms with Gasteiger partial charge in [0, 0.05) is 17.8 Å². The average Bonchev–Trinajstić information content (AvgIpc) is 3.27. The second-order valence-corrected chi connectivity index (χ2v) is 7.76. The molecular formula is C17H20N2O2S. The molecule has 22 heavy (non-hydrogen) atoms. The molecule has 0 saturated heterocycles. The van der Waals surface area contributed by atoms with E-state index in [0.29, 0.717) is 17.8 Å². The summed E-state index contributed by atoms with van der Waals surface area (Å²) >= 11 is 0. The summed E-state index contributed by atoms with van der Waals surface area (Å²) in [4.78, 5) is 4.74. The van der Waals surface area contributed by atoms with Crippen molar-refractivity contribution in [3.8, 4) is 0 Å². The molecule has 1 heterocycles. The Labute approximate surface area is 131 Å². The molecule has 3 rings (SSSR count). The van der Waals surface area contributed by atoms with Crippen LogP contribution in [0, 0.1) is 0 Å². The molecule has 116 valence electrons. The van der Waals surface area contributed by atoms with Gasteiger partial charge in [0.1, 0.15) is 0 Å². The van der Waals surface area contributed by atoms with Crippen LogP contribution >= 0.6 is 0 Å². The normalized spacial score (nSPS) is 21.1. The number of sulfonamides is 1. The minimum absolute atomic E-state index is 0.161. The van der Waals surface area contributed by atoms with Gasteiger partial charge in [0.15, 0.2) is 0 Å². The molecule has 1 aliphatic carbocycles. The number of nitrogens with two attached hydrogens (primary N) is 1. The zero-order valence-corrected chi connectivity index (χ0v) is 13.5. The molecule has 2 atom stereocenters. The van der Waals surface area contributed by atoms with Gasteiger partial charge in [0.25, 0.3) is 0 Å². The molecule has 0 radical (unpaired) electrons. The van der Waals surface area contributed by atoms with Crippen LogP contribution in [-0.2, 0) is 10.0 Å². The molecule has 4 nitrogen and oxygen atoms in total. The fourth-order valence-corrected chi connectivity index (χ4v) is 3.51. The van der Waals surface area contributed by atoms with E-state index in [0.717, 1.165) is 12.0 Å². The van der Waals surface area contributed by atoms with Gasteiger partial charge in [-0.25, -0.2) is 13.6 Å². The fourth-order valence-electron chi connectivity index (χ4n) is 3.00. The minimum Gasteiger partial charge on any atom is -0.261 e. The van der Waals surface area contributed by atoms with Crippen molar-refractivity contribution < 1.29 is 8.42 Å². The zero-order chi connectivity index (χ0) is 15.9. The summed E-state index contributed by atoms with van der Waals surface area (Å²) < 4.78 is 22.6. The van der Waals surface area contributed by atoms with Gasteiger partial charge in [-0.1, -0.05) is 32.0 Å². The lowest BCUT2D eigenvalue weighted by molar-refractivity contribution is 0.598. The lowest BCUT2D eigenvalue weighted by atomic mass is 9.97. The van der Waals surface area contributed by atoms with Gasteiger partial charge in [-0.15, -0.1) is 0 Å². The summed E-state index contributed by atoms with van der Waals surface area (Å²) in [6, 6.07) is 11.0. The second kappa shape index (κ2) is 5.48. The van der Waals surface area contributed by atoms with Crippen LogP contribution < -0.4 is 5.14 Å². The molecule has 1 fully saturated rings. The van der Waals surface area contributed by atoms with Crippen molar-refractivity contribution in [2.45, 2.75) is 42.9 Å². The summed E-state index contributed by atoms with van der Waals surface area (Å²) in [7, 11) is -3.62. The van der Waals surface area contributed by atoms with Gasteiger partial charge in [-0.3, -0.25) is 4.98 Å². The molecule has 0 aliphatic heterocycles. The van der Waals surface area contributed by atoms with Crippen LogP contribution in [0.15, 0.2) is 47.5 Å². The lowest BCUT2D eigenvalue weighted by Crippen LogP contribution is -2.11. The van der Waals surface area contributed by atoms with Crippen LogP contribution in [0.5, 0.6) is 0 Å². The van der Waals surface area contributed by atoms with Gasteiger partial charge < -0.3 is 0 Å². The summed E-state index contributed by atoms with van der Waals surface area (Å²) in [5.41, 5.74) is 3.63. The molecule has 0 amide bonds. The number of hydrogen-bond donors (Lipinski definition) is 1. The Morgan fingerprint density at radius 3 is 2.41 bits per heavy atom. The van der Waals surface area contributed by atoms with E-state index in [2.05, 4.69) is 24.9 Å². The van der Waals surface area contributed by atoms with Crippen LogP contribution in [0.25, 0.3) is 0 Å². The van der Waals surface area contributed by atoms with Crippen molar-refractivity contribution >= 4 is 10.0 Å². The van der Waals surface area contributed by atoms with E-state index in [1.54, 1.807) is 12.1 Å². The predicted molar refractivity (Wildman–Crippen MR) is 86.2 cm³/mol. The first-order valence-electron chi connectivity index (χ1n) is 7.45. The van der Waals surface area contributed by atoms with E-state index < -0.39 is 10.0 Å². The quantitative estimate of drug-likeness (QED) is 0.942. The van der Waals surface area contributed by atoms with Crippen molar-refractivity contribution in [1.29, 1.82) is 0 Å². The number of aromatic nitrogens is 1. The lowest BCUT2D eigenvalue weighted by Gasteiger charge is -2.11. The maximum absolute atomic E-state index is 11.3. The Balaban J connectivity index is 1.83. The van der Waals surface area contributed by atoms with Crippen LogP contribution in [-0.4, -0.2) is 13.4 Å². The molecule has 1 aromatic heterocycles. The van der Waals surface area contributed by atoms with E-state index in [9.17, 15) is 8.42 Å². The SMILES string of the molecule is CC(C)c1cccnc1[C@@H]1C[C@H]1c1ccc(S(N)(=O)=O)cc1. The number of nitrogens with zero attached hydrogens (tertiary/aromatic N) is 1. The number of benzene rings is 1. The molecule has 0 spiro atoms. The van der Waals surface area contributed by atoms with E-state index in [1.807, 2.05) is 24.4 Å². The van der Waals surface area contributed by atoms with Gasteiger partial charge >= 0.3 is 0 Å². The zero-order valence-electron chi connectivity index (χ0n) is 12.7. The smallest absolute Gasteiger partial charge is 0.238 e. The van der Waals surface area contributed by atoms with Gasteiger partial charge in [0.05, 0.1) is 4.90 Å². The van der Waals surface area contributed by atoms with Crippen molar-refractivity contribution in [1.82, 2.24) is 4.98 Å². The summed E-state index contributed by atoms with van der Waals surface area (Å²) in [6.45, 7) is 4.36. The number of rotatable bonds is 4. The van der Waals surface area contributed by atoms with Crippen molar-refractivity contribution in [2.75, 3.05) is 0 Å². The highest BCUT2D eigenvalue weighted by molar-refractivity contribution is 7.89. The first-order valence-corrected chi connectivity index (χ1v) is 9.00. The summed E-state index contributed by atoms with van der Waals surface area (Å²) in [5, 5.41) is 5.13. The van der Waals surface area contributed by atoms with Crippen LogP contribution in [0.1, 0.15) is 54.8 Å². The molecule has 2 aromatic rings. The van der Waals surface area contributed by atoms with Gasteiger partial charge in [0.2, 0.25) is 10.0 Å². The third kappa shape index (κ3) is 2.91. The average molecular weight is 316 g/mol. The predicted octanol–water partition coefficient (Wildman–Crippen LogP) is 3.12. The Morgan fingerprint density at radius 1 is 1.14 bits per heavy atom. The molecule has 1 aliphatic rings. The standard InChI is InChI=1S/C17H20N2O2S/c1-11(2)14-4-3-9-19-17(14)16-10-15(16)12-5-7-13(8-6-12)22(18,20)21/h3-9,11,15-16H,10H2,1-2H3,(H2,18,20,21)/t15-,16+/m0/s1. The maximum Gasteiger partial charge on any atom is 0.238 e. The van der Waals surface area contributed by atoms with Crippen LogP contribution in [0.2, 0.25) is 0 Å². The highest BCUT2D eigenvalue weighted by Crippen LogP contribution is 2.55. The van der Waals surface area contributed by atoms with E-state index in [4.69, 9.17) is 5.14 Å². The maximum atomic E-state index is 11.3. The molecule has 5 heteroatoms. The van der Waals surface area contributed by atoms with Gasteiger partial charge in [-0.2, -0.15) is 0 Å². The topological polar surface area (TPSA) is 73.0 Å². The van der Waals surface area contributed by atoms with Gasteiger partial charge in [-0.05, 0) is 47.6 Å². The third-order valence-electron chi connectivity index (χ3n) is 4.27. The molecular weight excluding hydrogens is 296 g/mol. The highest BCUT2D eigenvalue weighted by Gasteiger charge is 2.41. The highest BCUT2D eigenvalue weighted by atomic mass is 32.2. The molecule has 1 aromatic carbocycles. The Morgan fingerprint density at radius 2 is 1.82 bits per heavy atom. The Hall–Kier alpha value is -1.72. The van der Waals surface area contributed by atoms with Crippen molar-refractivity contribution in [3.05, 3.63) is 59.4 Å². The third-order valence-corrected chi connectivity index (χ3v) is 5.20. The monoisotopic (exact) mass is 316 g/mol. The van der Waals surface area contributed by atoms with E-state index >= 15 is 0 Å². The molecule has 1 saturated carbocycles. The van der Waals surface area contributed by atoms with Crippen LogP contribution in [0.4, 0.5) is 0 Å². The number of primary sulfonamides is 1. The summed E-state index contributed by atoms with van der Waals surface area (Å²) in [6.07, 6.45) is 2.91. The molecule has 2 N–H and O–H groups in total. The van der Waals surface area contributed by atoms with Crippen LogP contribution in [0.3, 0.4) is 0 Å². The number of pyridine rings is 1. The first-order chi connectivity index (χ1) is 10.4. The fraction of sp³-hybridized carbons (Fsp3) is 0.353. The van der Waals surface area contributed by atoms with Crippen molar-refractivity contribution in [2.24, 2.45) is 5.14 Å². The molecule has 0 bridgehead atoms. The summed E-state index contributed by atoms with van der Waals surface area (Å²) in [5.74, 6) is 1.30.